The summed E-state index contributed by atoms with van der Waals surface area (Å²) < 4.78 is 5.37. The number of likely N-dealkylation sites (tertiary alicyclic amines) is 1. The Kier molecular flexibility index (Phi) is 3.49. The van der Waals surface area contributed by atoms with E-state index in [1.165, 1.54) is 0 Å². The van der Waals surface area contributed by atoms with Crippen LogP contribution in [0.15, 0.2) is 0 Å². The van der Waals surface area contributed by atoms with Crippen LogP contribution in [0.25, 0.3) is 0 Å². The molecule has 0 bridgehead atoms. The first-order valence-corrected chi connectivity index (χ1v) is 6.94. The van der Waals surface area contributed by atoms with E-state index in [0.29, 0.717) is 13.1 Å². The van der Waals surface area contributed by atoms with Crippen molar-refractivity contribution in [2.24, 2.45) is 11.3 Å². The summed E-state index contributed by atoms with van der Waals surface area (Å²) in [7, 11) is 0. The lowest BCUT2D eigenvalue weighted by Gasteiger charge is -2.52. The molecular weight excluding hydrogens is 246 g/mol. The van der Waals surface area contributed by atoms with E-state index in [1.807, 2.05) is 20.8 Å². The molecule has 1 saturated heterocycles. The average Bonchev–Trinajstić information content (AvgIpc) is 2.24. The second-order valence-corrected chi connectivity index (χ2v) is 6.80. The number of carboxylic acids is 1. The SMILES string of the molecule is CC(C)(C)OC(=O)N1CCC[C@]2(CC[C@H]2C(=O)O)C1. The van der Waals surface area contributed by atoms with E-state index in [0.717, 1.165) is 25.7 Å². The Balaban J connectivity index is 2.02. The molecule has 1 spiro atoms. The fraction of sp³-hybridized carbons (Fsp3) is 0.857. The number of piperidine rings is 1. The third kappa shape index (κ3) is 2.85. The highest BCUT2D eigenvalue weighted by Crippen LogP contribution is 2.52. The van der Waals surface area contributed by atoms with Crippen molar-refractivity contribution in [2.45, 2.75) is 52.1 Å². The van der Waals surface area contributed by atoms with Crippen molar-refractivity contribution in [1.29, 1.82) is 0 Å². The molecule has 0 aromatic rings. The summed E-state index contributed by atoms with van der Waals surface area (Å²) in [5.41, 5.74) is -0.714. The minimum absolute atomic E-state index is 0.207. The van der Waals surface area contributed by atoms with Crippen LogP contribution in [0.1, 0.15) is 46.5 Å². The van der Waals surface area contributed by atoms with Crippen LogP contribution in [0, 0.1) is 11.3 Å². The van der Waals surface area contributed by atoms with Gasteiger partial charge in [-0.15, -0.1) is 0 Å². The molecule has 2 atom stereocenters. The van der Waals surface area contributed by atoms with E-state index in [9.17, 15) is 14.7 Å². The van der Waals surface area contributed by atoms with Crippen molar-refractivity contribution < 1.29 is 19.4 Å². The number of amides is 1. The molecule has 5 heteroatoms. The first-order valence-electron chi connectivity index (χ1n) is 6.94. The number of carbonyl (C=O) groups is 2. The summed E-state index contributed by atoms with van der Waals surface area (Å²) in [5, 5.41) is 9.23. The van der Waals surface area contributed by atoms with Crippen LogP contribution in [0.5, 0.6) is 0 Å². The minimum Gasteiger partial charge on any atom is -0.481 e. The zero-order chi connectivity index (χ0) is 14.3. The van der Waals surface area contributed by atoms with Gasteiger partial charge < -0.3 is 14.7 Å². The summed E-state index contributed by atoms with van der Waals surface area (Å²) in [6.07, 6.45) is 3.09. The summed E-state index contributed by atoms with van der Waals surface area (Å²) in [4.78, 5) is 25.0. The fourth-order valence-electron chi connectivity index (χ4n) is 3.21. The lowest BCUT2D eigenvalue weighted by atomic mass is 9.56. The molecule has 0 aromatic carbocycles. The molecule has 2 aliphatic rings. The zero-order valence-corrected chi connectivity index (χ0v) is 11.9. The van der Waals surface area contributed by atoms with Crippen LogP contribution in [0.3, 0.4) is 0 Å². The van der Waals surface area contributed by atoms with Gasteiger partial charge in [-0.2, -0.15) is 0 Å². The van der Waals surface area contributed by atoms with Gasteiger partial charge in [-0.25, -0.2) is 4.79 Å². The number of aliphatic carboxylic acids is 1. The third-order valence-corrected chi connectivity index (χ3v) is 4.23. The van der Waals surface area contributed by atoms with Crippen LogP contribution in [-0.4, -0.2) is 40.8 Å². The van der Waals surface area contributed by atoms with Crippen LogP contribution in [-0.2, 0) is 9.53 Å². The molecule has 0 aromatic heterocycles. The van der Waals surface area contributed by atoms with E-state index >= 15 is 0 Å². The van der Waals surface area contributed by atoms with Crippen LogP contribution < -0.4 is 0 Å². The van der Waals surface area contributed by atoms with Crippen molar-refractivity contribution in [2.75, 3.05) is 13.1 Å². The summed E-state index contributed by atoms with van der Waals surface area (Å²) in [5.74, 6) is -1.02. The van der Waals surface area contributed by atoms with Gasteiger partial charge in [0.2, 0.25) is 0 Å². The van der Waals surface area contributed by atoms with Crippen LogP contribution in [0.2, 0.25) is 0 Å². The molecule has 0 radical (unpaired) electrons. The maximum Gasteiger partial charge on any atom is 0.410 e. The number of carboxylic acid groups (broad SMARTS) is 1. The van der Waals surface area contributed by atoms with Gasteiger partial charge in [0.05, 0.1) is 5.92 Å². The highest BCUT2D eigenvalue weighted by atomic mass is 16.6. The average molecular weight is 269 g/mol. The van der Waals surface area contributed by atoms with E-state index in [1.54, 1.807) is 4.90 Å². The monoisotopic (exact) mass is 269 g/mol. The normalized spacial score (nSPS) is 30.9. The smallest absolute Gasteiger partial charge is 0.410 e. The van der Waals surface area contributed by atoms with Gasteiger partial charge in [-0.05, 0) is 46.5 Å². The number of hydrogen-bond acceptors (Lipinski definition) is 3. The molecule has 0 unspecified atom stereocenters. The molecule has 1 aliphatic heterocycles. The molecule has 1 saturated carbocycles. The van der Waals surface area contributed by atoms with Crippen molar-refractivity contribution >= 4 is 12.1 Å². The Morgan fingerprint density at radius 1 is 1.32 bits per heavy atom. The third-order valence-electron chi connectivity index (χ3n) is 4.23. The molecule has 2 fully saturated rings. The number of ether oxygens (including phenoxy) is 1. The van der Waals surface area contributed by atoms with Gasteiger partial charge in [0.1, 0.15) is 5.60 Å². The highest BCUT2D eigenvalue weighted by Gasteiger charge is 2.53. The molecule has 2 rings (SSSR count). The number of hydrogen-bond donors (Lipinski definition) is 1. The van der Waals surface area contributed by atoms with Crippen molar-refractivity contribution in [3.05, 3.63) is 0 Å². The first kappa shape index (κ1) is 14.2. The second kappa shape index (κ2) is 4.69. The fourth-order valence-corrected chi connectivity index (χ4v) is 3.21. The predicted octanol–water partition coefficient (Wildman–Crippen LogP) is 2.50. The Hall–Kier alpha value is -1.26. The predicted molar refractivity (Wildman–Crippen MR) is 69.8 cm³/mol. The Morgan fingerprint density at radius 3 is 2.47 bits per heavy atom. The maximum atomic E-state index is 12.1. The Labute approximate surface area is 113 Å². The molecule has 1 aliphatic carbocycles. The van der Waals surface area contributed by atoms with Crippen LogP contribution in [0.4, 0.5) is 4.79 Å². The van der Waals surface area contributed by atoms with Gasteiger partial charge in [-0.3, -0.25) is 4.79 Å². The highest BCUT2D eigenvalue weighted by molar-refractivity contribution is 5.73. The summed E-state index contributed by atoms with van der Waals surface area (Å²) in [6.45, 7) is 6.72. The van der Waals surface area contributed by atoms with Gasteiger partial charge in [0.15, 0.2) is 0 Å². The van der Waals surface area contributed by atoms with E-state index in [-0.39, 0.29) is 17.4 Å². The Morgan fingerprint density at radius 2 is 2.00 bits per heavy atom. The molecule has 1 N–H and O–H groups in total. The van der Waals surface area contributed by atoms with Gasteiger partial charge in [-0.1, -0.05) is 0 Å². The molecule has 19 heavy (non-hydrogen) atoms. The molecule has 5 nitrogen and oxygen atoms in total. The topological polar surface area (TPSA) is 66.8 Å². The van der Waals surface area contributed by atoms with Gasteiger partial charge >= 0.3 is 12.1 Å². The van der Waals surface area contributed by atoms with Crippen LogP contribution >= 0.6 is 0 Å². The molecule has 108 valence electrons. The van der Waals surface area contributed by atoms with E-state index in [4.69, 9.17) is 4.74 Å². The Bertz CT molecular complexity index is 387. The summed E-state index contributed by atoms with van der Waals surface area (Å²) >= 11 is 0. The zero-order valence-electron chi connectivity index (χ0n) is 11.9. The lowest BCUT2D eigenvalue weighted by Crippen LogP contribution is -2.56. The van der Waals surface area contributed by atoms with Gasteiger partial charge in [0, 0.05) is 18.5 Å². The second-order valence-electron chi connectivity index (χ2n) is 6.80. The van der Waals surface area contributed by atoms with Crippen molar-refractivity contribution in [3.63, 3.8) is 0 Å². The van der Waals surface area contributed by atoms with Crippen molar-refractivity contribution in [1.82, 2.24) is 4.90 Å². The van der Waals surface area contributed by atoms with E-state index < -0.39 is 11.6 Å². The molecule has 1 heterocycles. The number of nitrogens with zero attached hydrogens (tertiary/aromatic N) is 1. The maximum absolute atomic E-state index is 12.1. The number of rotatable bonds is 1. The quantitative estimate of drug-likeness (QED) is 0.794. The molecule has 1 amide bonds. The first-order chi connectivity index (χ1) is 8.73. The molecular formula is C14H23NO4. The van der Waals surface area contributed by atoms with Gasteiger partial charge in [0.25, 0.3) is 0 Å². The number of carbonyl (C=O) groups excluding carboxylic acids is 1. The largest absolute Gasteiger partial charge is 0.481 e. The standard InChI is InChI=1S/C14H23NO4/c1-13(2,3)19-12(18)15-8-4-6-14(9-15)7-5-10(14)11(16)17/h10H,4-9H2,1-3H3,(H,16,17)/t10-,14-/m0/s1. The minimum atomic E-state index is -0.725. The lowest BCUT2D eigenvalue weighted by molar-refractivity contribution is -0.158. The van der Waals surface area contributed by atoms with E-state index in [2.05, 4.69) is 0 Å². The summed E-state index contributed by atoms with van der Waals surface area (Å²) in [6, 6.07) is 0. The van der Waals surface area contributed by atoms with Crippen molar-refractivity contribution in [3.8, 4) is 0 Å².